The number of hydrogen-bond acceptors (Lipinski definition) is 4. The number of benzene rings is 1. The van der Waals surface area contributed by atoms with Crippen molar-refractivity contribution in [3.63, 3.8) is 0 Å². The fourth-order valence-electron chi connectivity index (χ4n) is 3.51. The second-order valence-corrected chi connectivity index (χ2v) is 8.56. The number of likely N-dealkylation sites (tertiary alicyclic amines) is 1. The lowest BCUT2D eigenvalue weighted by Crippen LogP contribution is -2.41. The first-order valence-electron chi connectivity index (χ1n) is 9.58. The predicted octanol–water partition coefficient (Wildman–Crippen LogP) is 3.10. The minimum atomic E-state index is -0.337. The number of ether oxygens (including phenoxy) is 1. The van der Waals surface area contributed by atoms with Gasteiger partial charge in [-0.25, -0.2) is 0 Å². The van der Waals surface area contributed by atoms with Crippen molar-refractivity contribution in [1.29, 1.82) is 0 Å². The van der Waals surface area contributed by atoms with Crippen molar-refractivity contribution in [3.05, 3.63) is 24.3 Å². The predicted molar refractivity (Wildman–Crippen MR) is 102 cm³/mol. The Kier molecular flexibility index (Phi) is 5.47. The van der Waals surface area contributed by atoms with E-state index >= 15 is 0 Å². The number of nitrogens with zero attached hydrogens (tertiary/aromatic N) is 1. The summed E-state index contributed by atoms with van der Waals surface area (Å²) in [6, 6.07) is 8.11. The molecule has 0 saturated carbocycles. The maximum absolute atomic E-state index is 6.13. The van der Waals surface area contributed by atoms with E-state index in [0.717, 1.165) is 30.3 Å². The normalized spacial score (nSPS) is 26.0. The zero-order valence-electron chi connectivity index (χ0n) is 16.4. The molecule has 0 N–H and O–H groups in total. The van der Waals surface area contributed by atoms with Crippen molar-refractivity contribution < 1.29 is 14.0 Å². The molecule has 25 heavy (non-hydrogen) atoms. The van der Waals surface area contributed by atoms with Crippen LogP contribution >= 0.6 is 0 Å². The van der Waals surface area contributed by atoms with Crippen LogP contribution in [0.1, 0.15) is 47.5 Å². The summed E-state index contributed by atoms with van der Waals surface area (Å²) in [5.41, 5.74) is 0.377. The second-order valence-electron chi connectivity index (χ2n) is 8.56. The molecular formula is C20H32BNO3. The van der Waals surface area contributed by atoms with Crippen LogP contribution in [0.2, 0.25) is 0 Å². The molecule has 0 radical (unpaired) electrons. The van der Waals surface area contributed by atoms with Crippen LogP contribution in [0, 0.1) is 5.92 Å². The van der Waals surface area contributed by atoms with Gasteiger partial charge in [0.25, 0.3) is 0 Å². The first-order chi connectivity index (χ1) is 11.8. The molecule has 2 fully saturated rings. The largest absolute Gasteiger partial charge is 0.494 e. The summed E-state index contributed by atoms with van der Waals surface area (Å²) in [5, 5.41) is 0. The third kappa shape index (κ3) is 4.39. The SMILES string of the molecule is CC1CCCN(CCOc2cccc(B3OC(C)(C)C(C)(C)O3)c2)C1. The second kappa shape index (κ2) is 7.30. The smallest absolute Gasteiger partial charge is 0.492 e. The molecule has 1 atom stereocenters. The van der Waals surface area contributed by atoms with E-state index in [4.69, 9.17) is 14.0 Å². The fourth-order valence-corrected chi connectivity index (χ4v) is 3.51. The summed E-state index contributed by atoms with van der Waals surface area (Å²) in [4.78, 5) is 2.51. The van der Waals surface area contributed by atoms with Crippen LogP contribution in [0.5, 0.6) is 5.75 Å². The molecule has 2 heterocycles. The van der Waals surface area contributed by atoms with Gasteiger partial charge >= 0.3 is 7.12 Å². The van der Waals surface area contributed by atoms with E-state index in [1.807, 2.05) is 24.3 Å². The molecule has 138 valence electrons. The van der Waals surface area contributed by atoms with Crippen molar-refractivity contribution in [2.24, 2.45) is 5.92 Å². The molecule has 3 rings (SSSR count). The highest BCUT2D eigenvalue weighted by atomic mass is 16.7. The number of piperidine rings is 1. The first kappa shape index (κ1) is 18.7. The average Bonchev–Trinajstić information content (AvgIpc) is 2.76. The molecule has 0 aromatic heterocycles. The van der Waals surface area contributed by atoms with Crippen LogP contribution in [-0.4, -0.2) is 49.5 Å². The van der Waals surface area contributed by atoms with E-state index in [9.17, 15) is 0 Å². The van der Waals surface area contributed by atoms with E-state index in [2.05, 4.69) is 39.5 Å². The van der Waals surface area contributed by atoms with Crippen LogP contribution in [-0.2, 0) is 9.31 Å². The van der Waals surface area contributed by atoms with Crippen molar-refractivity contribution in [2.75, 3.05) is 26.2 Å². The molecule has 1 aromatic carbocycles. The Bertz CT molecular complexity index is 574. The zero-order chi connectivity index (χ0) is 18.1. The molecule has 0 spiro atoms. The highest BCUT2D eigenvalue weighted by molar-refractivity contribution is 6.62. The topological polar surface area (TPSA) is 30.9 Å². The Morgan fingerprint density at radius 1 is 1.20 bits per heavy atom. The molecule has 2 saturated heterocycles. The van der Waals surface area contributed by atoms with E-state index < -0.39 is 0 Å². The lowest BCUT2D eigenvalue weighted by Gasteiger charge is -2.32. The van der Waals surface area contributed by atoms with Crippen LogP contribution in [0.15, 0.2) is 24.3 Å². The van der Waals surface area contributed by atoms with E-state index in [-0.39, 0.29) is 18.3 Å². The highest BCUT2D eigenvalue weighted by Crippen LogP contribution is 2.36. The van der Waals surface area contributed by atoms with Gasteiger partial charge in [0.05, 0.1) is 11.2 Å². The molecule has 1 aromatic rings. The van der Waals surface area contributed by atoms with Gasteiger partial charge in [0.1, 0.15) is 12.4 Å². The van der Waals surface area contributed by atoms with Gasteiger partial charge in [-0.3, -0.25) is 4.90 Å². The molecule has 2 aliphatic rings. The van der Waals surface area contributed by atoms with Gasteiger partial charge in [-0.1, -0.05) is 19.1 Å². The summed E-state index contributed by atoms with van der Waals surface area (Å²) in [6.07, 6.45) is 2.66. The first-order valence-corrected chi connectivity index (χ1v) is 9.58. The molecule has 5 heteroatoms. The average molecular weight is 345 g/mol. The maximum Gasteiger partial charge on any atom is 0.494 e. The Morgan fingerprint density at radius 2 is 1.92 bits per heavy atom. The minimum absolute atomic E-state index is 0.320. The van der Waals surface area contributed by atoms with Gasteiger partial charge in [0.15, 0.2) is 0 Å². The quantitative estimate of drug-likeness (QED) is 0.768. The standard InChI is InChI=1S/C20H32BNO3/c1-16-8-7-11-22(15-16)12-13-23-18-10-6-9-17(14-18)21-24-19(2,3)20(4,5)25-21/h6,9-10,14,16H,7-8,11-13,15H2,1-5H3. The summed E-state index contributed by atoms with van der Waals surface area (Å²) in [6.45, 7) is 14.7. The van der Waals surface area contributed by atoms with Gasteiger partial charge in [-0.05, 0) is 70.6 Å². The summed E-state index contributed by atoms with van der Waals surface area (Å²) in [5.74, 6) is 1.69. The van der Waals surface area contributed by atoms with Gasteiger partial charge in [-0.15, -0.1) is 0 Å². The van der Waals surface area contributed by atoms with Gasteiger partial charge in [0, 0.05) is 13.1 Å². The van der Waals surface area contributed by atoms with Crippen LogP contribution in [0.25, 0.3) is 0 Å². The van der Waals surface area contributed by atoms with Crippen molar-refractivity contribution in [3.8, 4) is 5.75 Å². The van der Waals surface area contributed by atoms with Gasteiger partial charge in [-0.2, -0.15) is 0 Å². The maximum atomic E-state index is 6.13. The molecule has 4 nitrogen and oxygen atoms in total. The Balaban J connectivity index is 1.55. The van der Waals surface area contributed by atoms with Gasteiger partial charge < -0.3 is 14.0 Å². The monoisotopic (exact) mass is 345 g/mol. The summed E-state index contributed by atoms with van der Waals surface area (Å²) >= 11 is 0. The van der Waals surface area contributed by atoms with E-state index in [1.54, 1.807) is 0 Å². The Hall–Kier alpha value is -1.04. The third-order valence-corrected chi connectivity index (χ3v) is 5.80. The number of rotatable bonds is 5. The summed E-state index contributed by atoms with van der Waals surface area (Å²) in [7, 11) is -0.337. The van der Waals surface area contributed by atoms with Crippen molar-refractivity contribution in [1.82, 2.24) is 4.90 Å². The Morgan fingerprint density at radius 3 is 2.60 bits per heavy atom. The zero-order valence-corrected chi connectivity index (χ0v) is 16.4. The summed E-state index contributed by atoms with van der Waals surface area (Å²) < 4.78 is 18.3. The third-order valence-electron chi connectivity index (χ3n) is 5.80. The molecular weight excluding hydrogens is 313 g/mol. The van der Waals surface area contributed by atoms with Crippen LogP contribution < -0.4 is 10.2 Å². The van der Waals surface area contributed by atoms with Crippen molar-refractivity contribution >= 4 is 12.6 Å². The lowest BCUT2D eigenvalue weighted by molar-refractivity contribution is 0.00578. The molecule has 1 unspecified atom stereocenters. The molecule has 0 amide bonds. The highest BCUT2D eigenvalue weighted by Gasteiger charge is 2.51. The van der Waals surface area contributed by atoms with Gasteiger partial charge in [0.2, 0.25) is 0 Å². The number of hydrogen-bond donors (Lipinski definition) is 0. The Labute approximate surface area is 153 Å². The molecule has 0 bridgehead atoms. The van der Waals surface area contributed by atoms with E-state index in [0.29, 0.717) is 0 Å². The lowest BCUT2D eigenvalue weighted by atomic mass is 9.79. The molecule has 0 aliphatic carbocycles. The van der Waals surface area contributed by atoms with Crippen LogP contribution in [0.4, 0.5) is 0 Å². The molecule has 2 aliphatic heterocycles. The van der Waals surface area contributed by atoms with E-state index in [1.165, 1.54) is 25.9 Å². The minimum Gasteiger partial charge on any atom is -0.492 e. The van der Waals surface area contributed by atoms with Crippen molar-refractivity contribution in [2.45, 2.75) is 58.7 Å². The van der Waals surface area contributed by atoms with Crippen LogP contribution in [0.3, 0.4) is 0 Å². The fraction of sp³-hybridized carbons (Fsp3) is 0.700.